The van der Waals surface area contributed by atoms with Gasteiger partial charge in [0.2, 0.25) is 15.9 Å². The normalized spacial score (nSPS) is 20.0. The van der Waals surface area contributed by atoms with Crippen molar-refractivity contribution < 1.29 is 17.7 Å². The molecule has 0 saturated carbocycles. The number of hydrogen-bond donors (Lipinski definition) is 0. The largest absolute Gasteiger partial charge is 0.339 e. The smallest absolute Gasteiger partial charge is 0.263 e. The molecule has 0 atom stereocenters. The molecule has 8 nitrogen and oxygen atoms in total. The molecule has 0 bridgehead atoms. The van der Waals surface area contributed by atoms with Gasteiger partial charge in [-0.15, -0.1) is 11.3 Å². The number of amides is 1. The maximum absolute atomic E-state index is 12.2. The Morgan fingerprint density at radius 3 is 2.70 bits per heavy atom. The van der Waals surface area contributed by atoms with Crippen molar-refractivity contribution in [1.82, 2.24) is 19.3 Å². The van der Waals surface area contributed by atoms with E-state index >= 15 is 0 Å². The second-order valence-electron chi connectivity index (χ2n) is 7.24. The van der Waals surface area contributed by atoms with E-state index in [1.807, 2.05) is 22.4 Å². The number of rotatable bonds is 5. The molecular weight excluding hydrogens is 388 g/mol. The third-order valence-electron chi connectivity index (χ3n) is 5.21. The molecule has 1 amide bonds. The molecule has 27 heavy (non-hydrogen) atoms. The SMILES string of the molecule is CS(=O)(=O)N1CCC(c2noc(CC3CN(C(=O)c4cccs4)C3)n2)CC1. The highest BCUT2D eigenvalue weighted by atomic mass is 32.2. The summed E-state index contributed by atoms with van der Waals surface area (Å²) >= 11 is 1.46. The van der Waals surface area contributed by atoms with Gasteiger partial charge in [0.15, 0.2) is 5.82 Å². The maximum Gasteiger partial charge on any atom is 0.263 e. The van der Waals surface area contributed by atoms with Crippen molar-refractivity contribution in [3.63, 3.8) is 0 Å². The zero-order valence-corrected chi connectivity index (χ0v) is 16.7. The number of hydrogen-bond acceptors (Lipinski definition) is 7. The summed E-state index contributed by atoms with van der Waals surface area (Å²) in [7, 11) is -3.13. The Morgan fingerprint density at radius 2 is 2.07 bits per heavy atom. The van der Waals surface area contributed by atoms with Crippen LogP contribution in [0.3, 0.4) is 0 Å². The van der Waals surface area contributed by atoms with Crippen LogP contribution in [0.1, 0.15) is 40.1 Å². The third kappa shape index (κ3) is 4.07. The Hall–Kier alpha value is -1.78. The average molecular weight is 411 g/mol. The summed E-state index contributed by atoms with van der Waals surface area (Å²) in [6.07, 6.45) is 3.32. The van der Waals surface area contributed by atoms with Gasteiger partial charge in [-0.3, -0.25) is 4.79 Å². The summed E-state index contributed by atoms with van der Waals surface area (Å²) < 4.78 is 30.1. The average Bonchev–Trinajstić information content (AvgIpc) is 3.28. The lowest BCUT2D eigenvalue weighted by Crippen LogP contribution is -2.50. The van der Waals surface area contributed by atoms with Crippen molar-refractivity contribution in [1.29, 1.82) is 0 Å². The molecule has 146 valence electrons. The summed E-state index contributed by atoms with van der Waals surface area (Å²) in [5.41, 5.74) is 0. The van der Waals surface area contributed by atoms with E-state index in [-0.39, 0.29) is 11.8 Å². The lowest BCUT2D eigenvalue weighted by molar-refractivity contribution is 0.0492. The van der Waals surface area contributed by atoms with Gasteiger partial charge in [0.25, 0.3) is 5.91 Å². The first-order valence-electron chi connectivity index (χ1n) is 9.00. The first-order valence-corrected chi connectivity index (χ1v) is 11.7. The predicted molar refractivity (Wildman–Crippen MR) is 100 cm³/mol. The first kappa shape index (κ1) is 18.6. The number of sulfonamides is 1. The minimum Gasteiger partial charge on any atom is -0.339 e. The van der Waals surface area contributed by atoms with Gasteiger partial charge in [0.1, 0.15) is 0 Å². The minimum absolute atomic E-state index is 0.0881. The van der Waals surface area contributed by atoms with E-state index in [9.17, 15) is 13.2 Å². The molecular formula is C17H22N4O4S2. The van der Waals surface area contributed by atoms with E-state index in [0.717, 1.165) is 4.88 Å². The van der Waals surface area contributed by atoms with Crippen LogP contribution in [0.25, 0.3) is 0 Å². The minimum atomic E-state index is -3.13. The standard InChI is InChI=1S/C17H22N4O4S2/c1-27(23,24)21-6-4-13(5-7-21)16-18-15(25-19-16)9-12-10-20(11-12)17(22)14-3-2-8-26-14/h2-3,8,12-13H,4-7,9-11H2,1H3. The quantitative estimate of drug-likeness (QED) is 0.743. The molecule has 0 N–H and O–H groups in total. The van der Waals surface area contributed by atoms with Gasteiger partial charge in [-0.25, -0.2) is 12.7 Å². The van der Waals surface area contributed by atoms with Crippen molar-refractivity contribution in [2.45, 2.75) is 25.2 Å². The molecule has 2 saturated heterocycles. The molecule has 0 spiro atoms. The molecule has 0 radical (unpaired) electrons. The second kappa shape index (κ2) is 7.33. The fourth-order valence-electron chi connectivity index (χ4n) is 3.63. The van der Waals surface area contributed by atoms with Crippen molar-refractivity contribution in [2.24, 2.45) is 5.92 Å². The van der Waals surface area contributed by atoms with E-state index in [1.165, 1.54) is 21.9 Å². The number of carbonyl (C=O) groups excluding carboxylic acids is 1. The number of likely N-dealkylation sites (tertiary alicyclic amines) is 1. The number of thiophene rings is 1. The number of nitrogens with zero attached hydrogens (tertiary/aromatic N) is 4. The van der Waals surface area contributed by atoms with Crippen LogP contribution >= 0.6 is 11.3 Å². The molecule has 0 aromatic carbocycles. The van der Waals surface area contributed by atoms with E-state index in [2.05, 4.69) is 10.1 Å². The molecule has 4 rings (SSSR count). The van der Waals surface area contributed by atoms with Crippen LogP contribution in [0, 0.1) is 5.92 Å². The summed E-state index contributed by atoms with van der Waals surface area (Å²) in [5.74, 6) is 1.84. The number of aromatic nitrogens is 2. The van der Waals surface area contributed by atoms with Crippen LogP contribution < -0.4 is 0 Å². The van der Waals surface area contributed by atoms with Crippen LogP contribution in [0.5, 0.6) is 0 Å². The van der Waals surface area contributed by atoms with Crippen LogP contribution in [0.2, 0.25) is 0 Å². The van der Waals surface area contributed by atoms with E-state index in [0.29, 0.717) is 63.1 Å². The van der Waals surface area contributed by atoms with Gasteiger partial charge in [-0.1, -0.05) is 11.2 Å². The van der Waals surface area contributed by atoms with Crippen LogP contribution in [-0.4, -0.2) is 66.1 Å². The monoisotopic (exact) mass is 410 g/mol. The Labute approximate surface area is 162 Å². The molecule has 2 aromatic heterocycles. The van der Waals surface area contributed by atoms with Crippen molar-refractivity contribution in [3.05, 3.63) is 34.1 Å². The molecule has 0 unspecified atom stereocenters. The molecule has 2 aromatic rings. The predicted octanol–water partition coefficient (Wildman–Crippen LogP) is 1.58. The number of piperidine rings is 1. The van der Waals surface area contributed by atoms with E-state index in [4.69, 9.17) is 4.52 Å². The van der Waals surface area contributed by atoms with Gasteiger partial charge in [0.05, 0.1) is 11.1 Å². The Bertz CT molecular complexity index is 895. The fraction of sp³-hybridized carbons (Fsp3) is 0.588. The molecule has 0 aliphatic carbocycles. The highest BCUT2D eigenvalue weighted by Crippen LogP contribution is 2.28. The topological polar surface area (TPSA) is 96.6 Å². The highest BCUT2D eigenvalue weighted by molar-refractivity contribution is 7.88. The zero-order chi connectivity index (χ0) is 19.0. The van der Waals surface area contributed by atoms with Crippen molar-refractivity contribution in [3.8, 4) is 0 Å². The van der Waals surface area contributed by atoms with E-state index < -0.39 is 10.0 Å². The number of carbonyl (C=O) groups is 1. The van der Waals surface area contributed by atoms with E-state index in [1.54, 1.807) is 0 Å². The van der Waals surface area contributed by atoms with Crippen LogP contribution in [0.15, 0.2) is 22.0 Å². The summed E-state index contributed by atoms with van der Waals surface area (Å²) in [4.78, 5) is 19.4. The first-order chi connectivity index (χ1) is 12.9. The Kier molecular flexibility index (Phi) is 5.04. The van der Waals surface area contributed by atoms with Gasteiger partial charge >= 0.3 is 0 Å². The van der Waals surface area contributed by atoms with Crippen LogP contribution in [0.4, 0.5) is 0 Å². The molecule has 2 fully saturated rings. The van der Waals surface area contributed by atoms with Gasteiger partial charge < -0.3 is 9.42 Å². The summed E-state index contributed by atoms with van der Waals surface area (Å²) in [5, 5.41) is 6.01. The zero-order valence-electron chi connectivity index (χ0n) is 15.1. The lowest BCUT2D eigenvalue weighted by Gasteiger charge is -2.38. The van der Waals surface area contributed by atoms with Gasteiger partial charge in [-0.05, 0) is 24.3 Å². The molecule has 2 aliphatic rings. The highest BCUT2D eigenvalue weighted by Gasteiger charge is 2.34. The summed E-state index contributed by atoms with van der Waals surface area (Å²) in [6, 6.07) is 3.73. The van der Waals surface area contributed by atoms with Gasteiger partial charge in [-0.2, -0.15) is 4.98 Å². The van der Waals surface area contributed by atoms with Gasteiger partial charge in [0, 0.05) is 44.4 Å². The van der Waals surface area contributed by atoms with Crippen molar-refractivity contribution >= 4 is 27.3 Å². The van der Waals surface area contributed by atoms with Crippen molar-refractivity contribution in [2.75, 3.05) is 32.4 Å². The summed E-state index contributed by atoms with van der Waals surface area (Å²) in [6.45, 7) is 2.41. The molecule has 10 heteroatoms. The third-order valence-corrected chi connectivity index (χ3v) is 7.37. The van der Waals surface area contributed by atoms with Crippen LogP contribution in [-0.2, 0) is 16.4 Å². The Balaban J connectivity index is 1.27. The fourth-order valence-corrected chi connectivity index (χ4v) is 5.20. The Morgan fingerprint density at radius 1 is 1.33 bits per heavy atom. The molecule has 4 heterocycles. The lowest BCUT2D eigenvalue weighted by atomic mass is 9.95. The second-order valence-corrected chi connectivity index (χ2v) is 10.2. The maximum atomic E-state index is 12.2. The molecule has 2 aliphatic heterocycles.